The second kappa shape index (κ2) is 7.17. The lowest BCUT2D eigenvalue weighted by atomic mass is 9.91. The van der Waals surface area contributed by atoms with Crippen LogP contribution in [0.3, 0.4) is 0 Å². The Morgan fingerprint density at radius 1 is 1.10 bits per heavy atom. The Hall–Kier alpha value is -3.33. The van der Waals surface area contributed by atoms with Gasteiger partial charge in [0.1, 0.15) is 5.69 Å². The van der Waals surface area contributed by atoms with Gasteiger partial charge in [0.15, 0.2) is 5.82 Å². The molecule has 1 fully saturated rings. The molecule has 0 saturated carbocycles. The Labute approximate surface area is 171 Å². The summed E-state index contributed by atoms with van der Waals surface area (Å²) < 4.78 is 30.5. The number of aromatic nitrogens is 6. The van der Waals surface area contributed by atoms with Crippen LogP contribution in [-0.2, 0) is 0 Å². The van der Waals surface area contributed by atoms with E-state index in [4.69, 9.17) is 0 Å². The molecule has 5 rings (SSSR count). The van der Waals surface area contributed by atoms with Crippen molar-refractivity contribution in [1.82, 2.24) is 35.0 Å². The molecule has 5 heterocycles. The maximum atomic E-state index is 14.4. The molecule has 1 N–H and O–H groups in total. The van der Waals surface area contributed by atoms with Gasteiger partial charge in [0.25, 0.3) is 5.92 Å². The van der Waals surface area contributed by atoms with E-state index in [0.717, 1.165) is 16.6 Å². The van der Waals surface area contributed by atoms with E-state index < -0.39 is 11.8 Å². The summed E-state index contributed by atoms with van der Waals surface area (Å²) in [6.07, 6.45) is 6.53. The molecule has 0 bridgehead atoms. The first-order chi connectivity index (χ1) is 14.5. The third-order valence-corrected chi connectivity index (χ3v) is 5.29. The first kappa shape index (κ1) is 18.7. The van der Waals surface area contributed by atoms with Crippen molar-refractivity contribution in [1.29, 1.82) is 0 Å². The van der Waals surface area contributed by atoms with Crippen LogP contribution in [0.25, 0.3) is 28.1 Å². The summed E-state index contributed by atoms with van der Waals surface area (Å²) >= 11 is 0. The Kier molecular flexibility index (Phi) is 4.47. The van der Waals surface area contributed by atoms with E-state index >= 15 is 0 Å². The van der Waals surface area contributed by atoms with Crippen LogP contribution in [0.1, 0.15) is 23.7 Å². The molecule has 9 heteroatoms. The number of piperidine rings is 1. The average molecular weight is 407 g/mol. The van der Waals surface area contributed by atoms with Gasteiger partial charge in [0.05, 0.1) is 40.9 Å². The topological polar surface area (TPSA) is 81.4 Å². The molecular weight excluding hydrogens is 388 g/mol. The van der Waals surface area contributed by atoms with E-state index in [1.165, 1.54) is 0 Å². The second-order valence-electron chi connectivity index (χ2n) is 7.42. The van der Waals surface area contributed by atoms with Gasteiger partial charge in [-0.2, -0.15) is 5.10 Å². The van der Waals surface area contributed by atoms with Crippen LogP contribution in [0.2, 0.25) is 0 Å². The lowest BCUT2D eigenvalue weighted by molar-refractivity contribution is -0.0490. The highest BCUT2D eigenvalue weighted by atomic mass is 19.3. The van der Waals surface area contributed by atoms with Crippen molar-refractivity contribution in [2.24, 2.45) is 0 Å². The number of hydrogen-bond donors (Lipinski definition) is 1. The zero-order chi connectivity index (χ0) is 20.7. The van der Waals surface area contributed by atoms with Gasteiger partial charge in [-0.25, -0.2) is 23.4 Å². The summed E-state index contributed by atoms with van der Waals surface area (Å²) in [5, 5.41) is 8.27. The molecule has 0 spiro atoms. The van der Waals surface area contributed by atoms with Gasteiger partial charge in [0.2, 0.25) is 0 Å². The normalized spacial score (nSPS) is 18.6. The minimum Gasteiger partial charge on any atom is -0.316 e. The van der Waals surface area contributed by atoms with Crippen LogP contribution in [0.15, 0.2) is 49.1 Å². The summed E-state index contributed by atoms with van der Waals surface area (Å²) in [5.74, 6) is -3.27. The van der Waals surface area contributed by atoms with Crippen molar-refractivity contribution in [3.05, 3.63) is 60.4 Å². The number of pyridine rings is 2. The molecule has 1 atom stereocenters. The Morgan fingerprint density at radius 3 is 2.83 bits per heavy atom. The quantitative estimate of drug-likeness (QED) is 0.561. The van der Waals surface area contributed by atoms with Crippen molar-refractivity contribution >= 4 is 10.9 Å². The fourth-order valence-electron chi connectivity index (χ4n) is 3.73. The highest BCUT2D eigenvalue weighted by molar-refractivity contribution is 5.82. The highest BCUT2D eigenvalue weighted by Gasteiger charge is 2.43. The molecule has 1 aliphatic rings. The molecule has 0 unspecified atom stereocenters. The first-order valence-electron chi connectivity index (χ1n) is 9.70. The molecule has 1 saturated heterocycles. The summed E-state index contributed by atoms with van der Waals surface area (Å²) in [4.78, 5) is 17.6. The average Bonchev–Trinajstić information content (AvgIpc) is 3.17. The number of fused-ring (bicyclic) bond motifs is 1. The zero-order valence-electron chi connectivity index (χ0n) is 16.3. The van der Waals surface area contributed by atoms with Crippen molar-refractivity contribution in [3.63, 3.8) is 0 Å². The smallest absolute Gasteiger partial charge is 0.258 e. The summed E-state index contributed by atoms with van der Waals surface area (Å²) in [6.45, 7) is 2.37. The number of halogens is 2. The predicted octanol–water partition coefficient (Wildman–Crippen LogP) is 3.29. The number of nitrogens with zero attached hydrogens (tertiary/aromatic N) is 6. The Balaban J connectivity index is 1.57. The zero-order valence-corrected chi connectivity index (χ0v) is 16.3. The third-order valence-electron chi connectivity index (χ3n) is 5.29. The van der Waals surface area contributed by atoms with Crippen LogP contribution >= 0.6 is 0 Å². The molecule has 30 heavy (non-hydrogen) atoms. The summed E-state index contributed by atoms with van der Waals surface area (Å²) in [5.41, 5.74) is 3.21. The molecule has 0 aromatic carbocycles. The molecular formula is C21H19F2N7. The van der Waals surface area contributed by atoms with Gasteiger partial charge in [-0.05, 0) is 25.1 Å². The fourth-order valence-corrected chi connectivity index (χ4v) is 3.73. The molecule has 4 aromatic rings. The number of hydrogen-bond acceptors (Lipinski definition) is 6. The first-order valence-corrected chi connectivity index (χ1v) is 9.70. The third kappa shape index (κ3) is 3.30. The maximum absolute atomic E-state index is 14.4. The second-order valence-corrected chi connectivity index (χ2v) is 7.42. The van der Waals surface area contributed by atoms with Gasteiger partial charge in [-0.1, -0.05) is 6.07 Å². The molecule has 0 amide bonds. The minimum atomic E-state index is -2.79. The van der Waals surface area contributed by atoms with E-state index in [-0.39, 0.29) is 13.0 Å². The van der Waals surface area contributed by atoms with E-state index in [0.29, 0.717) is 29.4 Å². The van der Waals surface area contributed by atoms with Crippen molar-refractivity contribution < 1.29 is 8.78 Å². The molecule has 0 radical (unpaired) electrons. The Bertz CT molecular complexity index is 1220. The van der Waals surface area contributed by atoms with Gasteiger partial charge >= 0.3 is 0 Å². The highest BCUT2D eigenvalue weighted by Crippen LogP contribution is 2.37. The summed E-state index contributed by atoms with van der Waals surface area (Å²) in [7, 11) is 0. The molecule has 0 aliphatic carbocycles. The number of aryl methyl sites for hydroxylation is 1. The lowest BCUT2D eigenvalue weighted by Crippen LogP contribution is -2.43. The monoisotopic (exact) mass is 407 g/mol. The van der Waals surface area contributed by atoms with Crippen molar-refractivity contribution in [2.45, 2.75) is 25.2 Å². The number of nitrogens with one attached hydrogen (secondary N) is 1. The van der Waals surface area contributed by atoms with Crippen LogP contribution in [0.4, 0.5) is 8.78 Å². The minimum absolute atomic E-state index is 0.194. The van der Waals surface area contributed by atoms with Crippen molar-refractivity contribution in [2.75, 3.05) is 13.1 Å². The summed E-state index contributed by atoms with van der Waals surface area (Å²) in [6, 6.07) is 7.01. The molecule has 1 aliphatic heterocycles. The van der Waals surface area contributed by atoms with Gasteiger partial charge in [-0.3, -0.25) is 9.97 Å². The van der Waals surface area contributed by atoms with Gasteiger partial charge in [-0.15, -0.1) is 0 Å². The fraction of sp³-hybridized carbons (Fsp3) is 0.286. The Morgan fingerprint density at radius 2 is 2.00 bits per heavy atom. The van der Waals surface area contributed by atoms with Gasteiger partial charge in [0, 0.05) is 37.3 Å². The van der Waals surface area contributed by atoms with E-state index in [2.05, 4.69) is 30.4 Å². The van der Waals surface area contributed by atoms with Crippen LogP contribution in [-0.4, -0.2) is 48.7 Å². The molecule has 152 valence electrons. The lowest BCUT2D eigenvalue weighted by Gasteiger charge is -2.31. The van der Waals surface area contributed by atoms with Crippen LogP contribution in [0.5, 0.6) is 0 Å². The van der Waals surface area contributed by atoms with Crippen LogP contribution in [0, 0.1) is 6.92 Å². The number of alkyl halides is 2. The maximum Gasteiger partial charge on any atom is 0.258 e. The SMILES string of the molecule is Cc1cncc(-c2cc3c(cn2)cnn3-c2cccc([C@H]3CNCCC3(F)F)n2)n1. The standard InChI is InChI=1S/C21H19F2N7/c1-13-8-25-12-18(28-13)17-7-19-14(9-26-17)10-27-30(19)20-4-2-3-16(29-20)15-11-24-6-5-21(15,22)23/h2-4,7-10,12,15,24H,5-6,11H2,1H3/t15-/m1/s1. The predicted molar refractivity (Wildman–Crippen MR) is 108 cm³/mol. The molecule has 7 nitrogen and oxygen atoms in total. The van der Waals surface area contributed by atoms with Crippen LogP contribution < -0.4 is 5.32 Å². The van der Waals surface area contributed by atoms with E-state index in [9.17, 15) is 8.78 Å². The molecule has 4 aromatic heterocycles. The number of rotatable bonds is 3. The van der Waals surface area contributed by atoms with Gasteiger partial charge < -0.3 is 5.32 Å². The van der Waals surface area contributed by atoms with E-state index in [1.807, 2.05) is 13.0 Å². The van der Waals surface area contributed by atoms with Crippen molar-refractivity contribution in [3.8, 4) is 17.2 Å². The largest absolute Gasteiger partial charge is 0.316 e. The van der Waals surface area contributed by atoms with E-state index in [1.54, 1.807) is 47.7 Å².